The summed E-state index contributed by atoms with van der Waals surface area (Å²) in [6, 6.07) is 14.2. The van der Waals surface area contributed by atoms with Crippen LogP contribution in [0.15, 0.2) is 53.4 Å². The third kappa shape index (κ3) is 3.44. The van der Waals surface area contributed by atoms with Crippen LogP contribution in [0.5, 0.6) is 5.75 Å². The lowest BCUT2D eigenvalue weighted by Gasteiger charge is -2.40. The molecule has 1 fully saturated rings. The van der Waals surface area contributed by atoms with Gasteiger partial charge in [0.25, 0.3) is 0 Å². The predicted molar refractivity (Wildman–Crippen MR) is 104 cm³/mol. The van der Waals surface area contributed by atoms with E-state index in [1.54, 1.807) is 6.07 Å². The molecule has 1 amide bonds. The molecule has 0 aromatic heterocycles. The molecule has 1 aliphatic rings. The molecular formula is C20H24N2O4S. The molecular weight excluding hydrogens is 364 g/mol. The average molecular weight is 388 g/mol. The van der Waals surface area contributed by atoms with Crippen LogP contribution >= 0.6 is 0 Å². The maximum atomic E-state index is 13.2. The Kier molecular flexibility index (Phi) is 5.26. The van der Waals surface area contributed by atoms with Gasteiger partial charge in [-0.05, 0) is 36.6 Å². The van der Waals surface area contributed by atoms with Crippen molar-refractivity contribution in [1.82, 2.24) is 4.31 Å². The second-order valence-corrected chi connectivity index (χ2v) is 9.06. The van der Waals surface area contributed by atoms with E-state index in [4.69, 9.17) is 4.74 Å². The molecule has 27 heavy (non-hydrogen) atoms. The van der Waals surface area contributed by atoms with E-state index in [-0.39, 0.29) is 10.8 Å². The molecule has 0 unspecified atom stereocenters. The molecule has 1 saturated carbocycles. The molecule has 0 atom stereocenters. The Balaban J connectivity index is 1.96. The third-order valence-corrected chi connectivity index (χ3v) is 6.98. The summed E-state index contributed by atoms with van der Waals surface area (Å²) in [4.78, 5) is 13.3. The SMILES string of the molecule is COc1ccc(S(=O)(=O)N(C)C)cc1NC(=O)C1(c2ccccc2)CCC1. The Morgan fingerprint density at radius 3 is 2.30 bits per heavy atom. The lowest BCUT2D eigenvalue weighted by molar-refractivity contribution is -0.124. The van der Waals surface area contributed by atoms with Gasteiger partial charge in [0.15, 0.2) is 0 Å². The van der Waals surface area contributed by atoms with Crippen molar-refractivity contribution in [3.63, 3.8) is 0 Å². The number of rotatable bonds is 6. The van der Waals surface area contributed by atoms with Gasteiger partial charge in [-0.1, -0.05) is 36.8 Å². The van der Waals surface area contributed by atoms with Crippen molar-refractivity contribution in [3.05, 3.63) is 54.1 Å². The second kappa shape index (κ2) is 7.32. The Hall–Kier alpha value is -2.38. The number of benzene rings is 2. The standard InChI is InChI=1S/C20H24N2O4S/c1-22(2)27(24,25)16-10-11-18(26-3)17(14-16)21-19(23)20(12-7-13-20)15-8-5-4-6-9-15/h4-6,8-11,14H,7,12-13H2,1-3H3,(H,21,23). The molecule has 144 valence electrons. The minimum atomic E-state index is -3.61. The van der Waals surface area contributed by atoms with Crippen LogP contribution in [0.25, 0.3) is 0 Å². The van der Waals surface area contributed by atoms with E-state index in [9.17, 15) is 13.2 Å². The third-order valence-electron chi connectivity index (χ3n) is 5.17. The Bertz CT molecular complexity index is 936. The van der Waals surface area contributed by atoms with Crippen LogP contribution in [0.2, 0.25) is 0 Å². The van der Waals surface area contributed by atoms with Gasteiger partial charge < -0.3 is 10.1 Å². The summed E-state index contributed by atoms with van der Waals surface area (Å²) in [7, 11) is 0.812. The van der Waals surface area contributed by atoms with Crippen LogP contribution in [-0.4, -0.2) is 39.8 Å². The van der Waals surface area contributed by atoms with E-state index in [0.29, 0.717) is 11.4 Å². The first-order valence-electron chi connectivity index (χ1n) is 8.79. The zero-order valence-electron chi connectivity index (χ0n) is 15.7. The van der Waals surface area contributed by atoms with Gasteiger partial charge >= 0.3 is 0 Å². The van der Waals surface area contributed by atoms with E-state index >= 15 is 0 Å². The number of ether oxygens (including phenoxy) is 1. The molecule has 7 heteroatoms. The normalized spacial score (nSPS) is 15.9. The van der Waals surface area contributed by atoms with Crippen molar-refractivity contribution in [1.29, 1.82) is 0 Å². The minimum absolute atomic E-state index is 0.103. The summed E-state index contributed by atoms with van der Waals surface area (Å²) in [5.41, 5.74) is 0.750. The number of hydrogen-bond acceptors (Lipinski definition) is 4. The zero-order valence-corrected chi connectivity index (χ0v) is 16.5. The maximum absolute atomic E-state index is 13.2. The van der Waals surface area contributed by atoms with Gasteiger partial charge in [0.2, 0.25) is 15.9 Å². The molecule has 0 spiro atoms. The number of nitrogens with zero attached hydrogens (tertiary/aromatic N) is 1. The van der Waals surface area contributed by atoms with Crippen molar-refractivity contribution < 1.29 is 17.9 Å². The highest BCUT2D eigenvalue weighted by Gasteiger charge is 2.45. The summed E-state index contributed by atoms with van der Waals surface area (Å²) in [5.74, 6) is 0.279. The maximum Gasteiger partial charge on any atom is 0.242 e. The lowest BCUT2D eigenvalue weighted by atomic mass is 9.64. The smallest absolute Gasteiger partial charge is 0.242 e. The van der Waals surface area contributed by atoms with Gasteiger partial charge in [0.05, 0.1) is 23.1 Å². The number of sulfonamides is 1. The fourth-order valence-corrected chi connectivity index (χ4v) is 4.26. The highest BCUT2D eigenvalue weighted by Crippen LogP contribution is 2.45. The van der Waals surface area contributed by atoms with Gasteiger partial charge in [-0.3, -0.25) is 4.79 Å². The van der Waals surface area contributed by atoms with Gasteiger partial charge in [-0.25, -0.2) is 12.7 Å². The van der Waals surface area contributed by atoms with Gasteiger partial charge in [0, 0.05) is 14.1 Å². The number of hydrogen-bond donors (Lipinski definition) is 1. The summed E-state index contributed by atoms with van der Waals surface area (Å²) in [5, 5.41) is 2.91. The molecule has 2 aromatic rings. The molecule has 0 heterocycles. The molecule has 3 rings (SSSR count). The second-order valence-electron chi connectivity index (χ2n) is 6.91. The monoisotopic (exact) mass is 388 g/mol. The van der Waals surface area contributed by atoms with Crippen LogP contribution in [0, 0.1) is 0 Å². The predicted octanol–water partition coefficient (Wildman–Crippen LogP) is 3.01. The molecule has 0 saturated heterocycles. The highest BCUT2D eigenvalue weighted by molar-refractivity contribution is 7.89. The van der Waals surface area contributed by atoms with Crippen LogP contribution in [-0.2, 0) is 20.2 Å². The van der Waals surface area contributed by atoms with Crippen LogP contribution in [0.3, 0.4) is 0 Å². The van der Waals surface area contributed by atoms with Crippen LogP contribution < -0.4 is 10.1 Å². The van der Waals surface area contributed by atoms with Crippen LogP contribution in [0.1, 0.15) is 24.8 Å². The van der Waals surface area contributed by atoms with E-state index in [1.807, 2.05) is 30.3 Å². The first-order valence-corrected chi connectivity index (χ1v) is 10.2. The molecule has 1 aliphatic carbocycles. The Morgan fingerprint density at radius 1 is 1.11 bits per heavy atom. The fraction of sp³-hybridized carbons (Fsp3) is 0.350. The van der Waals surface area contributed by atoms with Crippen molar-refractivity contribution in [2.75, 3.05) is 26.5 Å². The number of methoxy groups -OCH3 is 1. The lowest BCUT2D eigenvalue weighted by Crippen LogP contribution is -2.46. The number of anilines is 1. The average Bonchev–Trinajstić information content (AvgIpc) is 2.61. The number of amides is 1. The van der Waals surface area contributed by atoms with E-state index in [1.165, 1.54) is 33.3 Å². The van der Waals surface area contributed by atoms with Gasteiger partial charge in [-0.2, -0.15) is 0 Å². The number of carbonyl (C=O) groups excluding carboxylic acids is 1. The molecule has 0 aliphatic heterocycles. The molecule has 0 bridgehead atoms. The van der Waals surface area contributed by atoms with E-state index in [2.05, 4.69) is 5.32 Å². The number of carbonyl (C=O) groups is 1. The van der Waals surface area contributed by atoms with Gasteiger partial charge in [-0.15, -0.1) is 0 Å². The largest absolute Gasteiger partial charge is 0.495 e. The first-order chi connectivity index (χ1) is 12.8. The molecule has 6 nitrogen and oxygen atoms in total. The van der Waals surface area contributed by atoms with Gasteiger partial charge in [0.1, 0.15) is 5.75 Å². The summed E-state index contributed by atoms with van der Waals surface area (Å²) in [6.45, 7) is 0. The van der Waals surface area contributed by atoms with Crippen LogP contribution in [0.4, 0.5) is 5.69 Å². The topological polar surface area (TPSA) is 75.7 Å². The molecule has 2 aromatic carbocycles. The fourth-order valence-electron chi connectivity index (χ4n) is 3.33. The molecule has 1 N–H and O–H groups in total. The summed E-state index contributed by atoms with van der Waals surface area (Å²) in [6.07, 6.45) is 2.51. The molecule has 0 radical (unpaired) electrons. The number of nitrogens with one attached hydrogen (secondary N) is 1. The van der Waals surface area contributed by atoms with E-state index in [0.717, 1.165) is 29.1 Å². The Labute approximate surface area is 160 Å². The van der Waals surface area contributed by atoms with E-state index < -0.39 is 15.4 Å². The first kappa shape index (κ1) is 19.4. The van der Waals surface area contributed by atoms with Crippen molar-refractivity contribution in [2.45, 2.75) is 29.6 Å². The summed E-state index contributed by atoms with van der Waals surface area (Å²) >= 11 is 0. The van der Waals surface area contributed by atoms with Crippen molar-refractivity contribution >= 4 is 21.6 Å². The Morgan fingerprint density at radius 2 is 1.78 bits per heavy atom. The minimum Gasteiger partial charge on any atom is -0.495 e. The quantitative estimate of drug-likeness (QED) is 0.825. The zero-order chi connectivity index (χ0) is 19.7. The highest BCUT2D eigenvalue weighted by atomic mass is 32.2. The summed E-state index contributed by atoms with van der Waals surface area (Å²) < 4.78 is 31.3. The van der Waals surface area contributed by atoms with Crippen molar-refractivity contribution in [2.24, 2.45) is 0 Å². The van der Waals surface area contributed by atoms with Crippen molar-refractivity contribution in [3.8, 4) is 5.75 Å².